The molecule has 0 aromatic heterocycles. The van der Waals surface area contributed by atoms with Gasteiger partial charge in [0, 0.05) is 34.9 Å². The minimum absolute atomic E-state index is 0.570. The number of anilines is 2. The normalized spacial score (nSPS) is 10.7. The van der Waals surface area contributed by atoms with Crippen molar-refractivity contribution in [2.45, 2.75) is 32.2 Å². The number of nitrogens with two attached hydrogens (primary N) is 1. The average molecular weight is 300 g/mol. The summed E-state index contributed by atoms with van der Waals surface area (Å²) < 4.78 is 0. The van der Waals surface area contributed by atoms with Crippen LogP contribution in [0.3, 0.4) is 0 Å². The number of rotatable bonds is 6. The molecule has 0 atom stereocenters. The maximum absolute atomic E-state index is 6.05. The molecule has 2 N–H and O–H groups in total. The van der Waals surface area contributed by atoms with Gasteiger partial charge in [0.05, 0.1) is 0 Å². The quantitative estimate of drug-likeness (QED) is 0.782. The number of aryl methyl sites for hydroxylation is 1. The molecular weight excluding hydrogens is 276 g/mol. The zero-order valence-corrected chi connectivity index (χ0v) is 13.9. The van der Waals surface area contributed by atoms with Gasteiger partial charge in [0.25, 0.3) is 0 Å². The lowest BCUT2D eigenvalue weighted by atomic mass is 10.1. The van der Waals surface area contributed by atoms with Gasteiger partial charge in [-0.2, -0.15) is 0 Å². The highest BCUT2D eigenvalue weighted by Gasteiger charge is 2.15. The van der Waals surface area contributed by atoms with Gasteiger partial charge in [-0.05, 0) is 43.4 Å². The second kappa shape index (κ2) is 7.53. The molecular formula is C18H24N2S. The van der Waals surface area contributed by atoms with Crippen LogP contribution in [0.15, 0.2) is 47.4 Å². The van der Waals surface area contributed by atoms with E-state index in [1.54, 1.807) is 0 Å². The molecule has 2 aromatic rings. The van der Waals surface area contributed by atoms with Gasteiger partial charge in [-0.15, -0.1) is 11.8 Å². The largest absolute Gasteiger partial charge is 0.341 e. The van der Waals surface area contributed by atoms with Crippen molar-refractivity contribution in [1.82, 2.24) is 0 Å². The lowest BCUT2D eigenvalue weighted by Gasteiger charge is -2.28. The number of para-hydroxylation sites is 1. The van der Waals surface area contributed by atoms with E-state index in [-0.39, 0.29) is 0 Å². The van der Waals surface area contributed by atoms with E-state index in [9.17, 15) is 0 Å². The first kappa shape index (κ1) is 15.9. The van der Waals surface area contributed by atoms with E-state index in [2.05, 4.69) is 68.1 Å². The highest BCUT2D eigenvalue weighted by Crippen LogP contribution is 2.35. The van der Waals surface area contributed by atoms with Gasteiger partial charge in [0.1, 0.15) is 0 Å². The average Bonchev–Trinajstić information content (AvgIpc) is 2.50. The van der Waals surface area contributed by atoms with Crippen LogP contribution in [0.4, 0.5) is 11.4 Å². The molecule has 0 radical (unpaired) electrons. The van der Waals surface area contributed by atoms with Crippen LogP contribution < -0.4 is 10.6 Å². The fourth-order valence-corrected chi connectivity index (χ4v) is 3.49. The van der Waals surface area contributed by atoms with Gasteiger partial charge in [-0.3, -0.25) is 0 Å². The van der Waals surface area contributed by atoms with Crippen LogP contribution in [-0.2, 0) is 6.54 Å². The molecule has 0 heterocycles. The predicted molar refractivity (Wildman–Crippen MR) is 94.6 cm³/mol. The maximum atomic E-state index is 6.05. The molecule has 2 aromatic carbocycles. The second-order valence-electron chi connectivity index (χ2n) is 4.92. The highest BCUT2D eigenvalue weighted by atomic mass is 32.2. The Balaban J connectivity index is 2.52. The summed E-state index contributed by atoms with van der Waals surface area (Å²) in [7, 11) is 0. The van der Waals surface area contributed by atoms with Crippen LogP contribution in [0.25, 0.3) is 0 Å². The Morgan fingerprint density at radius 1 is 1.00 bits per heavy atom. The lowest BCUT2D eigenvalue weighted by Crippen LogP contribution is -2.20. The minimum Gasteiger partial charge on any atom is -0.341 e. The Bertz CT molecular complexity index is 596. The zero-order valence-electron chi connectivity index (χ0n) is 13.1. The maximum Gasteiger partial charge on any atom is 0.0467 e. The van der Waals surface area contributed by atoms with Crippen LogP contribution in [0.2, 0.25) is 0 Å². The van der Waals surface area contributed by atoms with Crippen LogP contribution in [0, 0.1) is 6.92 Å². The van der Waals surface area contributed by atoms with Crippen molar-refractivity contribution in [1.29, 1.82) is 0 Å². The van der Waals surface area contributed by atoms with E-state index < -0.39 is 0 Å². The van der Waals surface area contributed by atoms with E-state index in [4.69, 9.17) is 5.73 Å². The Morgan fingerprint density at radius 2 is 1.71 bits per heavy atom. The standard InChI is InChI=1S/C18H24N2S/c1-4-20(16-10-7-6-9-14(16)3)17-11-8-12-18(21-5-2)15(17)13-19/h6-12H,4-5,13,19H2,1-3H3. The van der Waals surface area contributed by atoms with E-state index in [0.717, 1.165) is 12.3 Å². The fourth-order valence-electron chi connectivity index (χ4n) is 2.64. The number of thioether (sulfide) groups is 1. The van der Waals surface area contributed by atoms with E-state index >= 15 is 0 Å². The molecule has 3 heteroatoms. The Kier molecular flexibility index (Phi) is 5.71. The third kappa shape index (κ3) is 3.42. The molecule has 2 nitrogen and oxygen atoms in total. The summed E-state index contributed by atoms with van der Waals surface area (Å²) in [6.07, 6.45) is 0. The van der Waals surface area contributed by atoms with Crippen LogP contribution >= 0.6 is 11.8 Å². The van der Waals surface area contributed by atoms with Crippen molar-refractivity contribution in [3.63, 3.8) is 0 Å². The number of benzene rings is 2. The van der Waals surface area contributed by atoms with Crippen LogP contribution in [0.1, 0.15) is 25.0 Å². The van der Waals surface area contributed by atoms with Gasteiger partial charge in [-0.25, -0.2) is 0 Å². The van der Waals surface area contributed by atoms with Crippen molar-refractivity contribution in [3.8, 4) is 0 Å². The van der Waals surface area contributed by atoms with Gasteiger partial charge >= 0.3 is 0 Å². The molecule has 0 saturated carbocycles. The molecule has 0 bridgehead atoms. The van der Waals surface area contributed by atoms with E-state index in [1.165, 1.54) is 27.4 Å². The zero-order chi connectivity index (χ0) is 15.2. The predicted octanol–water partition coefficient (Wildman–Crippen LogP) is 4.72. The van der Waals surface area contributed by atoms with Gasteiger partial charge in [0.2, 0.25) is 0 Å². The van der Waals surface area contributed by atoms with Gasteiger partial charge in [0.15, 0.2) is 0 Å². The summed E-state index contributed by atoms with van der Waals surface area (Å²) in [5, 5.41) is 0. The first-order valence-electron chi connectivity index (χ1n) is 7.50. The number of hydrogen-bond donors (Lipinski definition) is 1. The smallest absolute Gasteiger partial charge is 0.0467 e. The van der Waals surface area contributed by atoms with Crippen molar-refractivity contribution >= 4 is 23.1 Å². The van der Waals surface area contributed by atoms with Crippen molar-refractivity contribution in [2.75, 3.05) is 17.2 Å². The van der Waals surface area contributed by atoms with Crippen LogP contribution in [-0.4, -0.2) is 12.3 Å². The summed E-state index contributed by atoms with van der Waals surface area (Å²) in [4.78, 5) is 3.65. The monoisotopic (exact) mass is 300 g/mol. The minimum atomic E-state index is 0.570. The summed E-state index contributed by atoms with van der Waals surface area (Å²) >= 11 is 1.86. The molecule has 2 rings (SSSR count). The second-order valence-corrected chi connectivity index (χ2v) is 6.23. The SMILES string of the molecule is CCSc1cccc(N(CC)c2ccccc2C)c1CN. The summed E-state index contributed by atoms with van der Waals surface area (Å²) in [6, 6.07) is 15.0. The molecule has 0 aliphatic carbocycles. The van der Waals surface area contributed by atoms with Gasteiger partial charge in [-0.1, -0.05) is 31.2 Å². The molecule has 0 saturated heterocycles. The first-order valence-corrected chi connectivity index (χ1v) is 8.49. The molecule has 0 aliphatic heterocycles. The molecule has 0 unspecified atom stereocenters. The van der Waals surface area contributed by atoms with E-state index in [1.807, 2.05) is 11.8 Å². The summed E-state index contributed by atoms with van der Waals surface area (Å²) in [6.45, 7) is 8.02. The Hall–Kier alpha value is -1.45. The molecule has 21 heavy (non-hydrogen) atoms. The molecule has 112 valence electrons. The molecule has 0 aliphatic rings. The third-order valence-electron chi connectivity index (χ3n) is 3.63. The number of nitrogens with zero attached hydrogens (tertiary/aromatic N) is 1. The summed E-state index contributed by atoms with van der Waals surface area (Å²) in [5.41, 5.74) is 11.1. The van der Waals surface area contributed by atoms with Crippen molar-refractivity contribution in [2.24, 2.45) is 5.73 Å². The highest BCUT2D eigenvalue weighted by molar-refractivity contribution is 7.99. The first-order chi connectivity index (χ1) is 10.2. The molecule has 0 fully saturated rings. The van der Waals surface area contributed by atoms with E-state index in [0.29, 0.717) is 6.54 Å². The van der Waals surface area contributed by atoms with Crippen molar-refractivity contribution in [3.05, 3.63) is 53.6 Å². The van der Waals surface area contributed by atoms with Crippen molar-refractivity contribution < 1.29 is 0 Å². The number of hydrogen-bond acceptors (Lipinski definition) is 3. The Labute approximate surface area is 132 Å². The van der Waals surface area contributed by atoms with Gasteiger partial charge < -0.3 is 10.6 Å². The van der Waals surface area contributed by atoms with Crippen LogP contribution in [0.5, 0.6) is 0 Å². The lowest BCUT2D eigenvalue weighted by molar-refractivity contribution is 0.958. The fraction of sp³-hybridized carbons (Fsp3) is 0.333. The summed E-state index contributed by atoms with van der Waals surface area (Å²) in [5.74, 6) is 1.06. The topological polar surface area (TPSA) is 29.3 Å². The Morgan fingerprint density at radius 3 is 2.33 bits per heavy atom. The molecule has 0 amide bonds. The third-order valence-corrected chi connectivity index (χ3v) is 4.61. The molecule has 0 spiro atoms.